The van der Waals surface area contributed by atoms with E-state index in [1.165, 1.54) is 0 Å². The molecule has 1 unspecified atom stereocenters. The smallest absolute Gasteiger partial charge is 0.250 e. The van der Waals surface area contributed by atoms with E-state index in [2.05, 4.69) is 10.6 Å². The number of nitrogens with one attached hydrogen (secondary N) is 2. The third-order valence-corrected chi connectivity index (χ3v) is 6.18. The topological polar surface area (TPSA) is 66.4 Å². The largest absolute Gasteiger partial charge is 0.348 e. The molecule has 1 amide bonds. The van der Waals surface area contributed by atoms with E-state index in [4.69, 9.17) is 47.0 Å². The second kappa shape index (κ2) is 8.78. The summed E-state index contributed by atoms with van der Waals surface area (Å²) >= 11 is 23.7. The molecule has 2 aliphatic heterocycles. The van der Waals surface area contributed by atoms with Crippen LogP contribution in [0.2, 0.25) is 0 Å². The van der Waals surface area contributed by atoms with Crippen molar-refractivity contribution < 1.29 is 4.79 Å². The standard InChI is InChI=1S/C18H23Cl3N4O2S/c1-2-4-14(26)22-16(18(19,20)21)23-17(28)24-8-11-7-12(10-24)13-5-3-6-15(27)25(13)9-11/h3,5-6,11-12,16H,2,4,7-10H2,1H3,(H,22,26)(H,23,28)/t11-,12+,16?/m0/s1. The lowest BCUT2D eigenvalue weighted by Gasteiger charge is -2.44. The van der Waals surface area contributed by atoms with Crippen LogP contribution in [0.5, 0.6) is 0 Å². The molecule has 28 heavy (non-hydrogen) atoms. The maximum Gasteiger partial charge on any atom is 0.250 e. The number of aromatic nitrogens is 1. The average molecular weight is 466 g/mol. The van der Waals surface area contributed by atoms with Gasteiger partial charge in [0, 0.05) is 43.7 Å². The molecular weight excluding hydrogens is 443 g/mol. The minimum absolute atomic E-state index is 0.0382. The number of carbonyl (C=O) groups excluding carboxylic acids is 1. The molecule has 1 aromatic rings. The van der Waals surface area contributed by atoms with Gasteiger partial charge >= 0.3 is 0 Å². The molecule has 0 radical (unpaired) electrons. The number of carbonyl (C=O) groups is 1. The monoisotopic (exact) mass is 464 g/mol. The summed E-state index contributed by atoms with van der Waals surface area (Å²) in [4.78, 5) is 26.2. The summed E-state index contributed by atoms with van der Waals surface area (Å²) in [6.45, 7) is 3.95. The predicted molar refractivity (Wildman–Crippen MR) is 116 cm³/mol. The fraction of sp³-hybridized carbons (Fsp3) is 0.611. The Kier molecular flexibility index (Phi) is 6.80. The van der Waals surface area contributed by atoms with Gasteiger partial charge < -0.3 is 20.1 Å². The van der Waals surface area contributed by atoms with E-state index >= 15 is 0 Å². The Morgan fingerprint density at radius 2 is 2.04 bits per heavy atom. The first-order chi connectivity index (χ1) is 13.2. The molecule has 1 aromatic heterocycles. The Hall–Kier alpha value is -1.02. The van der Waals surface area contributed by atoms with Crippen molar-refractivity contribution in [3.8, 4) is 0 Å². The highest BCUT2D eigenvalue weighted by atomic mass is 35.6. The van der Waals surface area contributed by atoms with Crippen molar-refractivity contribution in [3.05, 3.63) is 34.2 Å². The SMILES string of the molecule is CCCC(=O)NC(NC(=S)N1C[C@@H]2C[C@H](C1)c1cccc(=O)n1C2)C(Cl)(Cl)Cl. The Balaban J connectivity index is 1.71. The van der Waals surface area contributed by atoms with E-state index in [0.29, 0.717) is 43.5 Å². The van der Waals surface area contributed by atoms with Gasteiger partial charge in [0.15, 0.2) is 5.11 Å². The molecule has 0 aromatic carbocycles. The molecule has 0 saturated carbocycles. The number of piperidine rings is 1. The van der Waals surface area contributed by atoms with Gasteiger partial charge in [-0.05, 0) is 37.0 Å². The summed E-state index contributed by atoms with van der Waals surface area (Å²) in [6, 6.07) is 5.39. The highest BCUT2D eigenvalue weighted by Crippen LogP contribution is 2.35. The Morgan fingerprint density at radius 3 is 2.71 bits per heavy atom. The molecule has 0 spiro atoms. The summed E-state index contributed by atoms with van der Waals surface area (Å²) in [5.74, 6) is 0.312. The first-order valence-corrected chi connectivity index (χ1v) is 10.8. The Labute approximate surface area is 184 Å². The lowest BCUT2D eigenvalue weighted by atomic mass is 9.83. The molecule has 6 nitrogen and oxygen atoms in total. The van der Waals surface area contributed by atoms with Crippen LogP contribution in [0.1, 0.15) is 37.8 Å². The Morgan fingerprint density at radius 1 is 1.29 bits per heavy atom. The summed E-state index contributed by atoms with van der Waals surface area (Å²) < 4.78 is 0.112. The number of thiocarbonyl (C=S) groups is 1. The second-order valence-corrected chi connectivity index (χ2v) is 10.1. The molecule has 0 aliphatic carbocycles. The number of pyridine rings is 1. The number of likely N-dealkylation sites (tertiary alicyclic amines) is 1. The molecule has 3 heterocycles. The number of halogens is 3. The summed E-state index contributed by atoms with van der Waals surface area (Å²) in [5.41, 5.74) is 1.07. The van der Waals surface area contributed by atoms with Gasteiger partial charge in [0.1, 0.15) is 6.17 Å². The van der Waals surface area contributed by atoms with Crippen LogP contribution in [-0.4, -0.2) is 43.5 Å². The molecule has 3 atom stereocenters. The van der Waals surface area contributed by atoms with E-state index < -0.39 is 9.96 Å². The van der Waals surface area contributed by atoms with Gasteiger partial charge in [-0.15, -0.1) is 0 Å². The molecule has 2 bridgehead atoms. The maximum absolute atomic E-state index is 12.1. The van der Waals surface area contributed by atoms with E-state index in [1.54, 1.807) is 12.1 Å². The average Bonchev–Trinajstić information content (AvgIpc) is 2.61. The van der Waals surface area contributed by atoms with Crippen molar-refractivity contribution >= 4 is 58.0 Å². The van der Waals surface area contributed by atoms with Crippen molar-refractivity contribution in [1.29, 1.82) is 0 Å². The van der Waals surface area contributed by atoms with Gasteiger partial charge in [-0.1, -0.05) is 47.8 Å². The quantitative estimate of drug-likeness (QED) is 0.407. The third-order valence-electron chi connectivity index (χ3n) is 5.14. The van der Waals surface area contributed by atoms with Gasteiger partial charge in [0.25, 0.3) is 5.56 Å². The van der Waals surface area contributed by atoms with Gasteiger partial charge in [0.2, 0.25) is 9.70 Å². The zero-order valence-electron chi connectivity index (χ0n) is 15.5. The number of amides is 1. The van der Waals surface area contributed by atoms with Crippen molar-refractivity contribution in [1.82, 2.24) is 20.1 Å². The zero-order chi connectivity index (χ0) is 20.5. The first-order valence-electron chi connectivity index (χ1n) is 9.30. The van der Waals surface area contributed by atoms with E-state index in [1.807, 2.05) is 22.5 Å². The Bertz CT molecular complexity index is 811. The number of hydrogen-bond acceptors (Lipinski definition) is 3. The predicted octanol–water partition coefficient (Wildman–Crippen LogP) is 2.75. The number of alkyl halides is 3. The van der Waals surface area contributed by atoms with Gasteiger partial charge in [-0.2, -0.15) is 0 Å². The van der Waals surface area contributed by atoms with Crippen LogP contribution in [0.25, 0.3) is 0 Å². The summed E-state index contributed by atoms with van der Waals surface area (Å²) in [5, 5.41) is 6.12. The van der Waals surface area contributed by atoms with Crippen LogP contribution in [-0.2, 0) is 11.3 Å². The van der Waals surface area contributed by atoms with E-state index in [9.17, 15) is 9.59 Å². The van der Waals surface area contributed by atoms with Gasteiger partial charge in [-0.25, -0.2) is 0 Å². The summed E-state index contributed by atoms with van der Waals surface area (Å²) in [6.07, 6.45) is 1.12. The number of rotatable bonds is 4. The molecule has 10 heteroatoms. The van der Waals surface area contributed by atoms with Gasteiger partial charge in [0.05, 0.1) is 0 Å². The van der Waals surface area contributed by atoms with E-state index in [-0.39, 0.29) is 17.4 Å². The van der Waals surface area contributed by atoms with Crippen molar-refractivity contribution in [2.75, 3.05) is 13.1 Å². The van der Waals surface area contributed by atoms with Crippen LogP contribution in [0.4, 0.5) is 0 Å². The lowest BCUT2D eigenvalue weighted by Crippen LogP contribution is -2.60. The fourth-order valence-corrected chi connectivity index (χ4v) is 4.53. The highest BCUT2D eigenvalue weighted by molar-refractivity contribution is 7.80. The maximum atomic E-state index is 12.1. The summed E-state index contributed by atoms with van der Waals surface area (Å²) in [7, 11) is 0. The first kappa shape index (κ1) is 21.7. The van der Waals surface area contributed by atoms with Crippen LogP contribution < -0.4 is 16.2 Å². The number of hydrogen-bond donors (Lipinski definition) is 2. The fourth-order valence-electron chi connectivity index (χ4n) is 3.94. The normalized spacial score (nSPS) is 22.2. The molecule has 1 fully saturated rings. The van der Waals surface area contributed by atoms with Crippen LogP contribution in [0.15, 0.2) is 23.0 Å². The van der Waals surface area contributed by atoms with Crippen molar-refractivity contribution in [2.45, 2.75) is 48.6 Å². The minimum Gasteiger partial charge on any atom is -0.348 e. The van der Waals surface area contributed by atoms with E-state index in [0.717, 1.165) is 12.1 Å². The number of fused-ring (bicyclic) bond motifs is 4. The van der Waals surface area contributed by atoms with Crippen LogP contribution in [0.3, 0.4) is 0 Å². The zero-order valence-corrected chi connectivity index (χ0v) is 18.5. The third kappa shape index (κ3) is 4.93. The molecular formula is C18H23Cl3N4O2S. The van der Waals surface area contributed by atoms with Crippen LogP contribution >= 0.6 is 47.0 Å². The van der Waals surface area contributed by atoms with Gasteiger partial charge in [-0.3, -0.25) is 9.59 Å². The highest BCUT2D eigenvalue weighted by Gasteiger charge is 2.38. The van der Waals surface area contributed by atoms with Crippen molar-refractivity contribution in [2.24, 2.45) is 5.92 Å². The molecule has 3 rings (SSSR count). The number of nitrogens with zero attached hydrogens (tertiary/aromatic N) is 2. The molecule has 1 saturated heterocycles. The second-order valence-electron chi connectivity index (χ2n) is 7.34. The minimum atomic E-state index is -1.75. The van der Waals surface area contributed by atoms with Crippen LogP contribution in [0, 0.1) is 5.92 Å². The lowest BCUT2D eigenvalue weighted by molar-refractivity contribution is -0.121. The molecule has 154 valence electrons. The molecule has 2 aliphatic rings. The van der Waals surface area contributed by atoms with Crippen molar-refractivity contribution in [3.63, 3.8) is 0 Å². The molecule has 2 N–H and O–H groups in total.